The van der Waals surface area contributed by atoms with E-state index < -0.39 is 17.3 Å². The standard InChI is InChI=1S/C11H21N5O2/c1-7(2)8-13-16(10(18)15(8)12)9(17)14(6)11(3,4)5/h7H,12H2,1-6H3. The van der Waals surface area contributed by atoms with E-state index in [1.165, 1.54) is 4.90 Å². The summed E-state index contributed by atoms with van der Waals surface area (Å²) >= 11 is 0. The van der Waals surface area contributed by atoms with Crippen molar-refractivity contribution >= 4 is 6.03 Å². The molecule has 0 atom stereocenters. The van der Waals surface area contributed by atoms with Gasteiger partial charge in [0.1, 0.15) is 0 Å². The van der Waals surface area contributed by atoms with Crippen LogP contribution in [0.25, 0.3) is 0 Å². The molecule has 18 heavy (non-hydrogen) atoms. The zero-order chi connectivity index (χ0) is 14.2. The molecule has 0 saturated carbocycles. The van der Waals surface area contributed by atoms with E-state index in [0.717, 1.165) is 9.36 Å². The van der Waals surface area contributed by atoms with Crippen LogP contribution < -0.4 is 11.5 Å². The molecule has 0 aliphatic rings. The number of nitrogens with zero attached hydrogens (tertiary/aromatic N) is 4. The summed E-state index contributed by atoms with van der Waals surface area (Å²) in [5.41, 5.74) is -1.02. The summed E-state index contributed by atoms with van der Waals surface area (Å²) in [4.78, 5) is 25.5. The molecule has 2 N–H and O–H groups in total. The number of carbonyl (C=O) groups is 1. The van der Waals surface area contributed by atoms with Crippen molar-refractivity contribution in [3.63, 3.8) is 0 Å². The first-order valence-corrected chi connectivity index (χ1v) is 5.82. The van der Waals surface area contributed by atoms with Gasteiger partial charge in [-0.15, -0.1) is 9.78 Å². The van der Waals surface area contributed by atoms with Crippen molar-refractivity contribution in [2.24, 2.45) is 0 Å². The second-order valence-corrected chi connectivity index (χ2v) is 5.59. The summed E-state index contributed by atoms with van der Waals surface area (Å²) in [5, 5.41) is 3.99. The van der Waals surface area contributed by atoms with Gasteiger partial charge in [0.05, 0.1) is 0 Å². The summed E-state index contributed by atoms with van der Waals surface area (Å²) in [6, 6.07) is -0.487. The van der Waals surface area contributed by atoms with Crippen molar-refractivity contribution in [1.29, 1.82) is 0 Å². The highest BCUT2D eigenvalue weighted by Gasteiger charge is 2.27. The summed E-state index contributed by atoms with van der Waals surface area (Å²) in [6.45, 7) is 9.33. The molecule has 0 saturated heterocycles. The zero-order valence-electron chi connectivity index (χ0n) is 11.8. The Morgan fingerprint density at radius 1 is 1.39 bits per heavy atom. The Morgan fingerprint density at radius 2 is 1.89 bits per heavy atom. The lowest BCUT2D eigenvalue weighted by molar-refractivity contribution is 0.163. The molecule has 0 aliphatic heterocycles. The number of aromatic nitrogens is 3. The minimum Gasteiger partial charge on any atom is -0.333 e. The van der Waals surface area contributed by atoms with Gasteiger partial charge in [-0.1, -0.05) is 13.8 Å². The van der Waals surface area contributed by atoms with Crippen molar-refractivity contribution in [3.05, 3.63) is 16.3 Å². The maximum absolute atomic E-state index is 12.2. The molecule has 1 heterocycles. The Hall–Kier alpha value is -1.79. The zero-order valence-corrected chi connectivity index (χ0v) is 11.8. The van der Waals surface area contributed by atoms with Gasteiger partial charge < -0.3 is 10.7 Å². The molecule has 102 valence electrons. The summed E-state index contributed by atoms with van der Waals surface area (Å²) < 4.78 is 1.72. The van der Waals surface area contributed by atoms with Crippen molar-refractivity contribution in [2.75, 3.05) is 12.9 Å². The van der Waals surface area contributed by atoms with E-state index in [-0.39, 0.29) is 5.92 Å². The van der Waals surface area contributed by atoms with Crippen LogP contribution in [0.5, 0.6) is 0 Å². The van der Waals surface area contributed by atoms with Crippen LogP contribution in [0.1, 0.15) is 46.4 Å². The topological polar surface area (TPSA) is 86.2 Å². The largest absolute Gasteiger partial charge is 0.373 e. The highest BCUT2D eigenvalue weighted by Crippen LogP contribution is 2.12. The summed E-state index contributed by atoms with van der Waals surface area (Å²) in [5.74, 6) is 5.96. The molecule has 0 bridgehead atoms. The van der Waals surface area contributed by atoms with Crippen LogP contribution in [0.3, 0.4) is 0 Å². The lowest BCUT2D eigenvalue weighted by Gasteiger charge is -2.30. The van der Waals surface area contributed by atoms with Gasteiger partial charge >= 0.3 is 11.7 Å². The van der Waals surface area contributed by atoms with Gasteiger partial charge in [-0.25, -0.2) is 9.59 Å². The number of hydrogen-bond acceptors (Lipinski definition) is 4. The molecule has 0 unspecified atom stereocenters. The highest BCUT2D eigenvalue weighted by atomic mass is 16.2. The van der Waals surface area contributed by atoms with Crippen LogP contribution in [0.4, 0.5) is 4.79 Å². The van der Waals surface area contributed by atoms with Crippen LogP contribution >= 0.6 is 0 Å². The van der Waals surface area contributed by atoms with Gasteiger partial charge in [0.2, 0.25) is 0 Å². The third-order valence-electron chi connectivity index (χ3n) is 2.83. The van der Waals surface area contributed by atoms with Crippen LogP contribution in [0.2, 0.25) is 0 Å². The van der Waals surface area contributed by atoms with Crippen molar-refractivity contribution in [1.82, 2.24) is 19.4 Å². The Balaban J connectivity index is 3.24. The van der Waals surface area contributed by atoms with Gasteiger partial charge in [0, 0.05) is 18.5 Å². The fourth-order valence-corrected chi connectivity index (χ4v) is 1.34. The number of carbonyl (C=O) groups excluding carboxylic acids is 1. The minimum atomic E-state index is -0.625. The van der Waals surface area contributed by atoms with Gasteiger partial charge in [0.15, 0.2) is 5.82 Å². The molecule has 1 aromatic rings. The molecule has 1 aromatic heterocycles. The minimum absolute atomic E-state index is 0.0308. The second-order valence-electron chi connectivity index (χ2n) is 5.59. The third-order valence-corrected chi connectivity index (χ3v) is 2.83. The fraction of sp³-hybridized carbons (Fsp3) is 0.727. The number of rotatable bonds is 1. The first kappa shape index (κ1) is 14.3. The average Bonchev–Trinajstić information content (AvgIpc) is 2.53. The molecule has 0 fully saturated rings. The predicted molar refractivity (Wildman–Crippen MR) is 69.0 cm³/mol. The first-order chi connectivity index (χ1) is 8.07. The van der Waals surface area contributed by atoms with Crippen LogP contribution in [0, 0.1) is 0 Å². The lowest BCUT2D eigenvalue weighted by Crippen LogP contribution is -2.48. The van der Waals surface area contributed by atoms with Gasteiger partial charge in [-0.05, 0) is 20.8 Å². The van der Waals surface area contributed by atoms with E-state index in [9.17, 15) is 9.59 Å². The predicted octanol–water partition coefficient (Wildman–Crippen LogP) is 0.580. The second kappa shape index (κ2) is 4.47. The highest BCUT2D eigenvalue weighted by molar-refractivity contribution is 5.76. The van der Waals surface area contributed by atoms with E-state index in [0.29, 0.717) is 5.82 Å². The Morgan fingerprint density at radius 3 is 2.22 bits per heavy atom. The number of nitrogens with two attached hydrogens (primary N) is 1. The van der Waals surface area contributed by atoms with Crippen LogP contribution in [-0.4, -0.2) is 38.0 Å². The van der Waals surface area contributed by atoms with Crippen molar-refractivity contribution in [3.8, 4) is 0 Å². The number of hydrogen-bond donors (Lipinski definition) is 1. The van der Waals surface area contributed by atoms with E-state index in [1.807, 2.05) is 34.6 Å². The number of amides is 1. The molecule has 7 nitrogen and oxygen atoms in total. The van der Waals surface area contributed by atoms with Gasteiger partial charge in [-0.2, -0.15) is 4.68 Å². The van der Waals surface area contributed by atoms with Crippen LogP contribution in [-0.2, 0) is 0 Å². The molecular weight excluding hydrogens is 234 g/mol. The summed E-state index contributed by atoms with van der Waals surface area (Å²) in [7, 11) is 1.62. The van der Waals surface area contributed by atoms with E-state index in [4.69, 9.17) is 5.84 Å². The van der Waals surface area contributed by atoms with Crippen molar-refractivity contribution < 1.29 is 4.79 Å². The van der Waals surface area contributed by atoms with E-state index in [1.54, 1.807) is 7.05 Å². The maximum Gasteiger partial charge on any atom is 0.373 e. The molecule has 1 amide bonds. The monoisotopic (exact) mass is 255 g/mol. The normalized spacial score (nSPS) is 11.9. The number of nitrogen functional groups attached to an aromatic ring is 1. The van der Waals surface area contributed by atoms with E-state index in [2.05, 4.69) is 5.10 Å². The maximum atomic E-state index is 12.2. The van der Waals surface area contributed by atoms with Gasteiger partial charge in [0.25, 0.3) is 0 Å². The molecule has 0 aromatic carbocycles. The average molecular weight is 255 g/mol. The quantitative estimate of drug-likeness (QED) is 0.744. The third kappa shape index (κ3) is 2.39. The molecule has 0 spiro atoms. The Bertz CT molecular complexity index is 506. The molecule has 7 heteroatoms. The SMILES string of the molecule is CC(C)c1nn(C(=O)N(C)C(C)(C)C)c(=O)n1N. The molecule has 1 rings (SSSR count). The van der Waals surface area contributed by atoms with Crippen molar-refractivity contribution in [2.45, 2.75) is 46.1 Å². The smallest absolute Gasteiger partial charge is 0.333 e. The summed E-state index contributed by atoms with van der Waals surface area (Å²) in [6.07, 6.45) is 0. The van der Waals surface area contributed by atoms with E-state index >= 15 is 0 Å². The lowest BCUT2D eigenvalue weighted by atomic mass is 10.1. The molecule has 0 aliphatic carbocycles. The Kier molecular flexibility index (Phi) is 3.54. The van der Waals surface area contributed by atoms with Crippen LogP contribution in [0.15, 0.2) is 4.79 Å². The fourth-order valence-electron chi connectivity index (χ4n) is 1.34. The molecule has 0 radical (unpaired) electrons. The van der Waals surface area contributed by atoms with Gasteiger partial charge in [-0.3, -0.25) is 0 Å². The Labute approximate surface area is 106 Å². The molecular formula is C11H21N5O2. The first-order valence-electron chi connectivity index (χ1n) is 5.82.